The van der Waals surface area contributed by atoms with Gasteiger partial charge in [0.25, 0.3) is 0 Å². The van der Waals surface area contributed by atoms with Crippen LogP contribution in [0.3, 0.4) is 0 Å². The second-order valence-electron chi connectivity index (χ2n) is 7.04. The van der Waals surface area contributed by atoms with Crippen molar-refractivity contribution in [3.05, 3.63) is 64.8 Å². The summed E-state index contributed by atoms with van der Waals surface area (Å²) >= 11 is 3.55. The van der Waals surface area contributed by atoms with Gasteiger partial charge < -0.3 is 9.30 Å². The molecule has 0 amide bonds. The number of fused-ring (bicyclic) bond motifs is 1. The SMILES string of the molecule is Brc1cccc(Cn2ccc3cc(OCCN4CCCCC4)ccc32)c1. The largest absolute Gasteiger partial charge is 0.492 e. The first kappa shape index (κ1) is 17.6. The first-order chi connectivity index (χ1) is 12.8. The van der Waals surface area contributed by atoms with Crippen molar-refractivity contribution in [2.75, 3.05) is 26.2 Å². The summed E-state index contributed by atoms with van der Waals surface area (Å²) < 4.78 is 9.41. The van der Waals surface area contributed by atoms with Crippen molar-refractivity contribution in [3.63, 3.8) is 0 Å². The highest BCUT2D eigenvalue weighted by atomic mass is 79.9. The molecule has 0 N–H and O–H groups in total. The molecule has 0 bridgehead atoms. The Labute approximate surface area is 163 Å². The quantitative estimate of drug-likeness (QED) is 0.545. The van der Waals surface area contributed by atoms with Gasteiger partial charge in [0, 0.05) is 34.7 Å². The number of hydrogen-bond donors (Lipinski definition) is 0. The minimum Gasteiger partial charge on any atom is -0.492 e. The Hall–Kier alpha value is -1.78. The maximum absolute atomic E-state index is 6.00. The minimum absolute atomic E-state index is 0.768. The Morgan fingerprint density at radius 2 is 1.85 bits per heavy atom. The van der Waals surface area contributed by atoms with Gasteiger partial charge in [-0.2, -0.15) is 0 Å². The highest BCUT2D eigenvalue weighted by Crippen LogP contribution is 2.23. The topological polar surface area (TPSA) is 17.4 Å². The highest BCUT2D eigenvalue weighted by molar-refractivity contribution is 9.10. The van der Waals surface area contributed by atoms with Crippen LogP contribution in [0, 0.1) is 0 Å². The molecule has 0 spiro atoms. The molecule has 3 nitrogen and oxygen atoms in total. The van der Waals surface area contributed by atoms with Crippen LogP contribution in [0.5, 0.6) is 5.75 Å². The van der Waals surface area contributed by atoms with Crippen molar-refractivity contribution < 1.29 is 4.74 Å². The minimum atomic E-state index is 0.768. The van der Waals surface area contributed by atoms with Crippen LogP contribution in [-0.2, 0) is 6.54 Å². The number of hydrogen-bond acceptors (Lipinski definition) is 2. The summed E-state index contributed by atoms with van der Waals surface area (Å²) in [6.07, 6.45) is 6.20. The van der Waals surface area contributed by atoms with Crippen LogP contribution in [0.15, 0.2) is 59.2 Å². The van der Waals surface area contributed by atoms with E-state index < -0.39 is 0 Å². The van der Waals surface area contributed by atoms with E-state index in [4.69, 9.17) is 4.74 Å². The first-order valence-electron chi connectivity index (χ1n) is 9.46. The van der Waals surface area contributed by atoms with Gasteiger partial charge in [-0.3, -0.25) is 4.90 Å². The number of nitrogens with zero attached hydrogens (tertiary/aromatic N) is 2. The van der Waals surface area contributed by atoms with Gasteiger partial charge in [-0.1, -0.05) is 34.5 Å². The Kier molecular flexibility index (Phi) is 5.61. The lowest BCUT2D eigenvalue weighted by molar-refractivity contribution is 0.183. The molecule has 0 unspecified atom stereocenters. The van der Waals surface area contributed by atoms with Crippen LogP contribution in [0.1, 0.15) is 24.8 Å². The molecule has 26 heavy (non-hydrogen) atoms. The number of ether oxygens (including phenoxy) is 1. The van der Waals surface area contributed by atoms with E-state index >= 15 is 0 Å². The average Bonchev–Trinajstić information content (AvgIpc) is 3.05. The van der Waals surface area contributed by atoms with Gasteiger partial charge in [-0.05, 0) is 67.9 Å². The van der Waals surface area contributed by atoms with Gasteiger partial charge >= 0.3 is 0 Å². The summed E-state index contributed by atoms with van der Waals surface area (Å²) in [5, 5.41) is 1.23. The van der Waals surface area contributed by atoms with E-state index in [1.165, 1.54) is 48.8 Å². The van der Waals surface area contributed by atoms with E-state index in [0.717, 1.165) is 29.9 Å². The van der Waals surface area contributed by atoms with Crippen molar-refractivity contribution in [1.29, 1.82) is 0 Å². The normalized spacial score (nSPS) is 15.4. The van der Waals surface area contributed by atoms with E-state index in [9.17, 15) is 0 Å². The highest BCUT2D eigenvalue weighted by Gasteiger charge is 2.10. The van der Waals surface area contributed by atoms with Crippen molar-refractivity contribution in [2.45, 2.75) is 25.8 Å². The van der Waals surface area contributed by atoms with Crippen LogP contribution in [0.4, 0.5) is 0 Å². The molecule has 0 atom stereocenters. The maximum atomic E-state index is 6.00. The molecule has 0 radical (unpaired) electrons. The van der Waals surface area contributed by atoms with E-state index in [2.05, 4.69) is 80.1 Å². The third-order valence-electron chi connectivity index (χ3n) is 5.11. The van der Waals surface area contributed by atoms with E-state index in [1.807, 2.05) is 0 Å². The zero-order valence-corrected chi connectivity index (χ0v) is 16.6. The molecule has 4 heteroatoms. The Morgan fingerprint density at radius 3 is 2.69 bits per heavy atom. The third-order valence-corrected chi connectivity index (χ3v) is 5.60. The molecule has 0 saturated carbocycles. The Morgan fingerprint density at radius 1 is 0.962 bits per heavy atom. The number of likely N-dealkylation sites (tertiary alicyclic amines) is 1. The molecule has 136 valence electrons. The number of rotatable bonds is 6. The van der Waals surface area contributed by atoms with Crippen molar-refractivity contribution >= 4 is 26.8 Å². The molecule has 2 aromatic carbocycles. The smallest absolute Gasteiger partial charge is 0.120 e. The van der Waals surface area contributed by atoms with Crippen molar-refractivity contribution in [1.82, 2.24) is 9.47 Å². The number of benzene rings is 2. The molecule has 1 aliphatic heterocycles. The second kappa shape index (κ2) is 8.28. The van der Waals surface area contributed by atoms with Crippen LogP contribution in [0.25, 0.3) is 10.9 Å². The second-order valence-corrected chi connectivity index (χ2v) is 7.96. The van der Waals surface area contributed by atoms with E-state index in [-0.39, 0.29) is 0 Å². The number of aromatic nitrogens is 1. The summed E-state index contributed by atoms with van der Waals surface area (Å²) in [4.78, 5) is 2.51. The zero-order chi connectivity index (χ0) is 17.8. The van der Waals surface area contributed by atoms with Gasteiger partial charge in [-0.25, -0.2) is 0 Å². The zero-order valence-electron chi connectivity index (χ0n) is 15.0. The average molecular weight is 413 g/mol. The fourth-order valence-electron chi connectivity index (χ4n) is 3.71. The fourth-order valence-corrected chi connectivity index (χ4v) is 4.16. The lowest BCUT2D eigenvalue weighted by Crippen LogP contribution is -2.33. The van der Waals surface area contributed by atoms with Gasteiger partial charge in [-0.15, -0.1) is 0 Å². The summed E-state index contributed by atoms with van der Waals surface area (Å²) in [6.45, 7) is 5.12. The van der Waals surface area contributed by atoms with Gasteiger partial charge in [0.2, 0.25) is 0 Å². The van der Waals surface area contributed by atoms with Crippen LogP contribution >= 0.6 is 15.9 Å². The lowest BCUT2D eigenvalue weighted by Gasteiger charge is -2.26. The lowest BCUT2D eigenvalue weighted by atomic mass is 10.1. The summed E-state index contributed by atoms with van der Waals surface area (Å²) in [5.74, 6) is 0.967. The van der Waals surface area contributed by atoms with E-state index in [1.54, 1.807) is 0 Å². The molecule has 1 aliphatic rings. The Bertz CT molecular complexity index is 867. The first-order valence-corrected chi connectivity index (χ1v) is 10.3. The van der Waals surface area contributed by atoms with Gasteiger partial charge in [0.05, 0.1) is 0 Å². The van der Waals surface area contributed by atoms with Crippen LogP contribution in [0.2, 0.25) is 0 Å². The van der Waals surface area contributed by atoms with Crippen molar-refractivity contribution in [3.8, 4) is 5.75 Å². The molecular formula is C22H25BrN2O. The molecule has 0 aliphatic carbocycles. The number of piperidine rings is 1. The molecule has 1 aromatic heterocycles. The number of halogens is 1. The maximum Gasteiger partial charge on any atom is 0.120 e. The predicted molar refractivity (Wildman–Crippen MR) is 111 cm³/mol. The monoisotopic (exact) mass is 412 g/mol. The predicted octanol–water partition coefficient (Wildman–Crippen LogP) is 5.32. The van der Waals surface area contributed by atoms with Gasteiger partial charge in [0.1, 0.15) is 12.4 Å². The summed E-state index contributed by atoms with van der Waals surface area (Å²) in [6, 6.07) is 17.1. The Balaban J connectivity index is 1.40. The molecule has 1 saturated heterocycles. The third kappa shape index (κ3) is 4.30. The standard InChI is InChI=1S/C22H25BrN2O/c23-20-6-4-5-18(15-20)17-25-12-9-19-16-21(7-8-22(19)25)26-14-13-24-10-2-1-3-11-24/h4-9,12,15-16H,1-3,10-11,13-14,17H2. The van der Waals surface area contributed by atoms with Gasteiger partial charge in [0.15, 0.2) is 0 Å². The summed E-state index contributed by atoms with van der Waals surface area (Å²) in [5.41, 5.74) is 2.53. The molecule has 1 fully saturated rings. The van der Waals surface area contributed by atoms with Crippen LogP contribution < -0.4 is 4.74 Å². The van der Waals surface area contributed by atoms with E-state index in [0.29, 0.717) is 0 Å². The van der Waals surface area contributed by atoms with Crippen molar-refractivity contribution in [2.24, 2.45) is 0 Å². The molecular weight excluding hydrogens is 388 g/mol. The van der Waals surface area contributed by atoms with Crippen LogP contribution in [-0.4, -0.2) is 35.7 Å². The summed E-state index contributed by atoms with van der Waals surface area (Å²) in [7, 11) is 0. The molecule has 3 aromatic rings. The molecule has 2 heterocycles. The fraction of sp³-hybridized carbons (Fsp3) is 0.364. The molecule has 4 rings (SSSR count).